The summed E-state index contributed by atoms with van der Waals surface area (Å²) in [6.07, 6.45) is -4.25. The molecule has 17 rings (SSSR count). The number of rotatable bonds is 30. The van der Waals surface area contributed by atoms with Crippen LogP contribution >= 0.6 is 11.6 Å². The molecule has 0 spiro atoms. The quantitative estimate of drug-likeness (QED) is 0.0214. The lowest BCUT2D eigenvalue weighted by atomic mass is 9.66. The van der Waals surface area contributed by atoms with Crippen molar-refractivity contribution in [2.24, 2.45) is 55.1 Å². The van der Waals surface area contributed by atoms with Crippen LogP contribution < -0.4 is 38.6 Å². The number of aryl methyl sites for hydroxylation is 3. The van der Waals surface area contributed by atoms with Crippen LogP contribution in [0.1, 0.15) is 233 Å². The van der Waals surface area contributed by atoms with E-state index in [2.05, 4.69) is 30.9 Å². The van der Waals surface area contributed by atoms with Gasteiger partial charge in [-0.15, -0.1) is 15.3 Å². The third-order valence-electron chi connectivity index (χ3n) is 30.9. The summed E-state index contributed by atoms with van der Waals surface area (Å²) in [6.45, 7) is 5.03. The number of carboxylic acid groups (broad SMARTS) is 1. The Kier molecular flexibility index (Phi) is 34.1. The van der Waals surface area contributed by atoms with E-state index < -0.39 is 161 Å². The number of halogens is 11. The molecule has 3 aliphatic carbocycles. The molecule has 3 aromatic heterocycles. The second-order valence-electron chi connectivity index (χ2n) is 39.9. The summed E-state index contributed by atoms with van der Waals surface area (Å²) in [5.74, 6) is -3.91. The topological polar surface area (TPSA) is 409 Å². The first-order chi connectivity index (χ1) is 71.3. The number of benzene rings is 5. The Labute approximate surface area is 863 Å². The van der Waals surface area contributed by atoms with Gasteiger partial charge in [0.25, 0.3) is 0 Å². The predicted octanol–water partition coefficient (Wildman–Crippen LogP) is 13.1. The lowest BCUT2D eigenvalue weighted by Gasteiger charge is -2.45. The van der Waals surface area contributed by atoms with Gasteiger partial charge in [0.2, 0.25) is 35.4 Å². The minimum atomic E-state index is -4.77. The molecule has 150 heavy (non-hydrogen) atoms. The van der Waals surface area contributed by atoms with Gasteiger partial charge >= 0.3 is 43.6 Å². The molecule has 9 atom stereocenters. The number of hydrogen-bond donors (Lipinski definition) is 3. The normalized spacial score (nSPS) is 22.4. The van der Waals surface area contributed by atoms with E-state index in [1.807, 2.05) is 0 Å². The van der Waals surface area contributed by atoms with Crippen LogP contribution in [0.3, 0.4) is 0 Å². The molecule has 9 heterocycles. The zero-order valence-electron chi connectivity index (χ0n) is 84.8. The number of nitrogens with zero attached hydrogens (tertiary/aromatic N) is 15. The van der Waals surface area contributed by atoms with Crippen molar-refractivity contribution in [2.75, 3.05) is 87.3 Å². The van der Waals surface area contributed by atoms with E-state index in [4.69, 9.17) is 54.2 Å². The molecule has 6 aliphatic heterocycles. The van der Waals surface area contributed by atoms with Gasteiger partial charge in [-0.25, -0.2) is 18.4 Å². The minimum absolute atomic E-state index is 0.0169. The van der Waals surface area contributed by atoms with Gasteiger partial charge in [-0.1, -0.05) is 71.8 Å². The molecule has 8 aromatic rings. The molecule has 5 aromatic carbocycles. The number of aromatic nitrogens is 9. The summed E-state index contributed by atoms with van der Waals surface area (Å²) in [6, 6.07) is 16.3. The van der Waals surface area contributed by atoms with E-state index in [0.717, 1.165) is 40.1 Å². The van der Waals surface area contributed by atoms with E-state index in [0.29, 0.717) is 204 Å². The number of esters is 2. The fraction of sp³-hybridized carbons (Fsp3) is 0.559. The fourth-order valence-corrected chi connectivity index (χ4v) is 23.0. The number of hydrogen-bond acceptors (Lipinski definition) is 26. The molecule has 36 nitrogen and oxygen atoms in total. The highest BCUT2D eigenvalue weighted by Gasteiger charge is 2.56. The van der Waals surface area contributed by atoms with Crippen molar-refractivity contribution in [3.8, 4) is 40.2 Å². The monoisotopic (exact) mass is 2130 g/mol. The largest absolute Gasteiger partial charge is 0.497 e. The molecule has 3 saturated carbocycles. The molecule has 48 heteroatoms. The van der Waals surface area contributed by atoms with E-state index in [9.17, 15) is 97.8 Å². The Morgan fingerprint density at radius 2 is 0.760 bits per heavy atom. The summed E-state index contributed by atoms with van der Waals surface area (Å²) in [4.78, 5) is 133. The van der Waals surface area contributed by atoms with Gasteiger partial charge in [0.1, 0.15) is 96.2 Å². The number of ether oxygens (including phenoxy) is 9. The SMILES string of the molecule is COc1ccc(COC(=O)[C@@]2(C)CCCC[C@H]2C(=O)N2CCc3c(B(O)O)ccc(OCc4nnn(C)c4C(F)(F)F)c3[C@H]2CN2CCCC2=O)c(OC)c1.COc1ccc(COC(=O)[C@@]2(C)CCCC[C@H]2C(=O)N2CCc3c(Cl)ccc(OCc4nnn(C)c4C(F)(F)F)c3[C@H]2CN2CCCC2=O)c(OC)c1.Cn1nnc(COc2ccc(F)c3c2[C@@H](CN2CCCC2=O)N(C(=O)[C@@H]2CCCC[C@]2(C)C(=O)O)CC3)c1C(F)(F)F. The zero-order valence-corrected chi connectivity index (χ0v) is 85.5. The van der Waals surface area contributed by atoms with Crippen LogP contribution in [0.25, 0.3) is 0 Å². The number of carboxylic acids is 1. The van der Waals surface area contributed by atoms with Crippen molar-refractivity contribution >= 4 is 77.5 Å². The van der Waals surface area contributed by atoms with Crippen LogP contribution in [-0.4, -0.2) is 237 Å². The van der Waals surface area contributed by atoms with Gasteiger partial charge in [0.15, 0.2) is 17.1 Å². The Morgan fingerprint density at radius 3 is 1.11 bits per heavy atom. The van der Waals surface area contributed by atoms with Gasteiger partial charge < -0.3 is 87.2 Å². The summed E-state index contributed by atoms with van der Waals surface area (Å²) >= 11 is 6.73. The van der Waals surface area contributed by atoms with Crippen molar-refractivity contribution in [2.45, 2.75) is 225 Å². The highest BCUT2D eigenvalue weighted by Crippen LogP contribution is 2.53. The fourth-order valence-electron chi connectivity index (χ4n) is 22.8. The number of carbonyl (C=O) groups excluding carboxylic acids is 8. The Hall–Kier alpha value is -13.1. The first-order valence-electron chi connectivity index (χ1n) is 49.9. The maximum absolute atomic E-state index is 15.2. The molecule has 3 saturated heterocycles. The van der Waals surface area contributed by atoms with Crippen LogP contribution in [0.4, 0.5) is 43.9 Å². The molecule has 6 fully saturated rings. The molecule has 6 amide bonds. The molecule has 9 aliphatic rings. The third kappa shape index (κ3) is 23.2. The summed E-state index contributed by atoms with van der Waals surface area (Å²) in [7, 11) is 7.56. The highest BCUT2D eigenvalue weighted by molar-refractivity contribution is 6.59. The van der Waals surface area contributed by atoms with Gasteiger partial charge in [0.05, 0.1) is 80.6 Å². The molecule has 3 N–H and O–H groups in total. The lowest BCUT2D eigenvalue weighted by Crippen LogP contribution is -2.54. The van der Waals surface area contributed by atoms with Crippen LogP contribution in [0.15, 0.2) is 72.8 Å². The standard InChI is InChI=1S/C37H45BF3N5O9.C37H43ClF3N5O7.C28H33F4N5O5/c1-36(35(49)55-20-22-10-11-23(52-3)18-30(22)53-4)15-6-5-8-25(36)34(48)46-17-14-24-26(38(50)51)12-13-29(32(24)28(46)19-45-16-7-9-31(45)47)54-21-27-33(37(39,40)41)44(2)43-42-27;1-36(35(49)53-20-22-10-11-23(50-3)18-30(22)51-4)15-6-5-8-25(36)34(48)46-17-14-24-26(38)12-13-29(32(24)28(46)19-45-16-7-9-31(45)47)52-21-27-33(37(39,40)41)44(2)43-42-27;1-27(26(40)41)11-4-3-6-17(27)25(39)37-13-10-16-18(29)8-9-21(23(16)20(37)14-36-12-5-7-22(36)38)42-15-19-24(28(30,31)32)35(2)34-33-19/h10-13,18,25,28,50-51H,5-9,14-17,19-21H2,1-4H3;10-13,18,25,28H,5-9,14-17,19-21H2,1-4H3;8-9,17,20H,3-7,10-15H2,1-2H3,(H,40,41)/t2*25-,28+,36-;17-,20+,27-/m000/s1. The average molecular weight is 2130 g/mol. The maximum Gasteiger partial charge on any atom is 0.488 e. The average Bonchev–Trinajstić information content (AvgIpc) is 1.19. The van der Waals surface area contributed by atoms with E-state index in [1.165, 1.54) is 44.4 Å². The second-order valence-corrected chi connectivity index (χ2v) is 40.3. The Balaban J connectivity index is 0.000000170. The molecule has 810 valence electrons. The summed E-state index contributed by atoms with van der Waals surface area (Å²) < 4.78 is 192. The number of likely N-dealkylation sites (tertiary alicyclic amines) is 3. The number of fused-ring (bicyclic) bond motifs is 3. The minimum Gasteiger partial charge on any atom is -0.497 e. The van der Waals surface area contributed by atoms with Crippen molar-refractivity contribution in [1.82, 2.24) is 74.4 Å². The summed E-state index contributed by atoms with van der Waals surface area (Å²) in [5, 5.41) is 52.7. The number of carbonyl (C=O) groups is 9. The van der Waals surface area contributed by atoms with Gasteiger partial charge in [-0.2, -0.15) is 39.5 Å². The molecule has 0 unspecified atom stereocenters. The zero-order chi connectivity index (χ0) is 108. The van der Waals surface area contributed by atoms with Crippen molar-refractivity contribution in [1.29, 1.82) is 0 Å². The molecule has 0 bridgehead atoms. The van der Waals surface area contributed by atoms with Crippen LogP contribution in [0.5, 0.6) is 40.2 Å². The molecular weight excluding hydrogens is 2010 g/mol. The predicted molar refractivity (Wildman–Crippen MR) is 514 cm³/mol. The number of amides is 6. The number of aliphatic carboxylic acids is 1. The lowest BCUT2D eigenvalue weighted by molar-refractivity contribution is -0.169. The van der Waals surface area contributed by atoms with Gasteiger partial charge in [0, 0.05) is 144 Å². The molecule has 0 radical (unpaired) electrons. The smallest absolute Gasteiger partial charge is 0.488 e. The van der Waals surface area contributed by atoms with Crippen LogP contribution in [0, 0.1) is 39.8 Å². The summed E-state index contributed by atoms with van der Waals surface area (Å²) in [5.41, 5.74) is -4.31. The highest BCUT2D eigenvalue weighted by atomic mass is 35.5. The first kappa shape index (κ1) is 111. The maximum atomic E-state index is 15.2. The Bertz CT molecular complexity index is 6370. The second kappa shape index (κ2) is 46.0. The van der Waals surface area contributed by atoms with E-state index in [1.54, 1.807) is 101 Å². The molecular formula is C102H121BClF10N15O21. The van der Waals surface area contributed by atoms with E-state index >= 15 is 4.39 Å². The van der Waals surface area contributed by atoms with Gasteiger partial charge in [-0.05, 0) is 175 Å². The number of alkyl halides is 9. The van der Waals surface area contributed by atoms with Gasteiger partial charge in [-0.3, -0.25) is 43.2 Å². The van der Waals surface area contributed by atoms with E-state index in [-0.39, 0.29) is 129 Å². The van der Waals surface area contributed by atoms with Crippen LogP contribution in [-0.2, 0) is 145 Å². The van der Waals surface area contributed by atoms with Crippen molar-refractivity contribution in [3.63, 3.8) is 0 Å². The third-order valence-corrected chi connectivity index (χ3v) is 31.2. The van der Waals surface area contributed by atoms with Crippen molar-refractivity contribution < 1.29 is 145 Å². The van der Waals surface area contributed by atoms with Crippen molar-refractivity contribution in [3.05, 3.63) is 162 Å². The number of methoxy groups -OCH3 is 4. The Morgan fingerprint density at radius 1 is 0.420 bits per heavy atom. The van der Waals surface area contributed by atoms with Crippen LogP contribution in [0.2, 0.25) is 5.02 Å². The first-order valence-corrected chi connectivity index (χ1v) is 50.3.